The van der Waals surface area contributed by atoms with Gasteiger partial charge in [-0.05, 0) is 42.2 Å². The summed E-state index contributed by atoms with van der Waals surface area (Å²) in [5.41, 5.74) is 1.35. The summed E-state index contributed by atoms with van der Waals surface area (Å²) in [4.78, 5) is 14.3. The Morgan fingerprint density at radius 3 is 2.55 bits per heavy atom. The largest absolute Gasteiger partial charge is 0.335 e. The van der Waals surface area contributed by atoms with Gasteiger partial charge in [0.1, 0.15) is 11.6 Å². The molecule has 1 amide bonds. The van der Waals surface area contributed by atoms with Gasteiger partial charge in [0.2, 0.25) is 5.91 Å². The van der Waals surface area contributed by atoms with E-state index in [0.717, 1.165) is 18.4 Å². The van der Waals surface area contributed by atoms with Crippen LogP contribution in [0.4, 0.5) is 8.78 Å². The Morgan fingerprint density at radius 2 is 1.82 bits per heavy atom. The smallest absolute Gasteiger partial charge is 0.227 e. The van der Waals surface area contributed by atoms with Crippen LogP contribution in [0.2, 0.25) is 0 Å². The third kappa shape index (κ3) is 3.01. The van der Waals surface area contributed by atoms with Crippen LogP contribution < -0.4 is 0 Å². The van der Waals surface area contributed by atoms with E-state index >= 15 is 0 Å². The molecule has 0 saturated carbocycles. The molecule has 0 N–H and O–H groups in total. The van der Waals surface area contributed by atoms with E-state index < -0.39 is 0 Å². The molecule has 2 aromatic rings. The number of hydrogen-bond acceptors (Lipinski definition) is 1. The molecule has 1 aliphatic rings. The zero-order chi connectivity index (χ0) is 15.5. The van der Waals surface area contributed by atoms with Crippen molar-refractivity contribution in [1.29, 1.82) is 0 Å². The van der Waals surface area contributed by atoms with Gasteiger partial charge >= 0.3 is 0 Å². The number of benzene rings is 2. The first-order valence-corrected chi connectivity index (χ1v) is 7.43. The molecule has 1 atom stereocenters. The van der Waals surface area contributed by atoms with E-state index in [-0.39, 0.29) is 30.0 Å². The van der Waals surface area contributed by atoms with E-state index in [9.17, 15) is 13.6 Å². The van der Waals surface area contributed by atoms with Crippen LogP contribution in [0.25, 0.3) is 0 Å². The van der Waals surface area contributed by atoms with Crippen molar-refractivity contribution in [1.82, 2.24) is 4.90 Å². The zero-order valence-electron chi connectivity index (χ0n) is 12.1. The molecule has 22 heavy (non-hydrogen) atoms. The number of amides is 1. The number of hydrogen-bond donors (Lipinski definition) is 0. The van der Waals surface area contributed by atoms with Crippen LogP contribution in [0, 0.1) is 11.6 Å². The topological polar surface area (TPSA) is 20.3 Å². The Bertz CT molecular complexity index is 669. The van der Waals surface area contributed by atoms with Gasteiger partial charge in [0.05, 0.1) is 12.5 Å². The molecule has 0 bridgehead atoms. The summed E-state index contributed by atoms with van der Waals surface area (Å²) in [6, 6.07) is 12.6. The molecule has 1 saturated heterocycles. The molecule has 0 aliphatic carbocycles. The van der Waals surface area contributed by atoms with Crippen molar-refractivity contribution >= 4 is 5.91 Å². The van der Waals surface area contributed by atoms with Crippen molar-refractivity contribution in [2.75, 3.05) is 6.54 Å². The van der Waals surface area contributed by atoms with Crippen molar-refractivity contribution in [2.45, 2.75) is 25.3 Å². The van der Waals surface area contributed by atoms with Gasteiger partial charge in [-0.3, -0.25) is 4.79 Å². The van der Waals surface area contributed by atoms with E-state index in [0.29, 0.717) is 12.1 Å². The second-order valence-corrected chi connectivity index (χ2v) is 5.56. The molecule has 2 nitrogen and oxygen atoms in total. The van der Waals surface area contributed by atoms with E-state index in [1.807, 2.05) is 0 Å². The fraction of sp³-hybridized carbons (Fsp3) is 0.278. The number of nitrogens with zero attached hydrogens (tertiary/aromatic N) is 1. The highest BCUT2D eigenvalue weighted by molar-refractivity contribution is 5.79. The van der Waals surface area contributed by atoms with Gasteiger partial charge in [0.15, 0.2) is 0 Å². The van der Waals surface area contributed by atoms with Crippen molar-refractivity contribution in [2.24, 2.45) is 0 Å². The average Bonchev–Trinajstić information content (AvgIpc) is 3.00. The molecule has 3 rings (SSSR count). The molecule has 114 valence electrons. The van der Waals surface area contributed by atoms with Crippen molar-refractivity contribution in [3.05, 3.63) is 71.3 Å². The predicted octanol–water partition coefficient (Wildman–Crippen LogP) is 3.87. The Balaban J connectivity index is 1.76. The van der Waals surface area contributed by atoms with E-state index in [4.69, 9.17) is 0 Å². The van der Waals surface area contributed by atoms with Crippen molar-refractivity contribution < 1.29 is 13.6 Å². The van der Waals surface area contributed by atoms with E-state index in [1.54, 1.807) is 35.2 Å². The van der Waals surface area contributed by atoms with Gasteiger partial charge in [-0.1, -0.05) is 30.3 Å². The quantitative estimate of drug-likeness (QED) is 0.842. The Labute approximate surface area is 128 Å². The van der Waals surface area contributed by atoms with Gasteiger partial charge in [-0.15, -0.1) is 0 Å². The number of carbonyl (C=O) groups is 1. The maximum absolute atomic E-state index is 13.7. The van der Waals surface area contributed by atoms with Crippen LogP contribution in [0.15, 0.2) is 48.5 Å². The first-order chi connectivity index (χ1) is 10.6. The highest BCUT2D eigenvalue weighted by Gasteiger charge is 2.30. The summed E-state index contributed by atoms with van der Waals surface area (Å²) < 4.78 is 26.7. The number of likely N-dealkylation sites (tertiary alicyclic amines) is 1. The predicted molar refractivity (Wildman–Crippen MR) is 80.2 cm³/mol. The van der Waals surface area contributed by atoms with Crippen LogP contribution in [0.5, 0.6) is 0 Å². The lowest BCUT2D eigenvalue weighted by molar-refractivity contribution is -0.131. The lowest BCUT2D eigenvalue weighted by Gasteiger charge is -2.25. The minimum atomic E-state index is -0.353. The maximum Gasteiger partial charge on any atom is 0.227 e. The molecule has 1 heterocycles. The molecule has 0 spiro atoms. The van der Waals surface area contributed by atoms with Crippen LogP contribution >= 0.6 is 0 Å². The summed E-state index contributed by atoms with van der Waals surface area (Å²) in [6.45, 7) is 0.662. The third-order valence-electron chi connectivity index (χ3n) is 4.13. The van der Waals surface area contributed by atoms with Gasteiger partial charge in [0, 0.05) is 6.54 Å². The van der Waals surface area contributed by atoms with E-state index in [2.05, 4.69) is 0 Å². The van der Waals surface area contributed by atoms with Crippen molar-refractivity contribution in [3.63, 3.8) is 0 Å². The monoisotopic (exact) mass is 301 g/mol. The molecule has 1 unspecified atom stereocenters. The number of rotatable bonds is 3. The average molecular weight is 301 g/mol. The Hall–Kier alpha value is -2.23. The van der Waals surface area contributed by atoms with Gasteiger partial charge in [-0.2, -0.15) is 0 Å². The fourth-order valence-electron chi connectivity index (χ4n) is 3.00. The number of halogens is 2. The Kier molecular flexibility index (Phi) is 4.18. The summed E-state index contributed by atoms with van der Waals surface area (Å²) in [7, 11) is 0. The SMILES string of the molecule is O=C(Cc1ccccc1F)N1CCCC1c1ccc(F)cc1. The van der Waals surface area contributed by atoms with Crippen molar-refractivity contribution in [3.8, 4) is 0 Å². The molecule has 1 aliphatic heterocycles. The second-order valence-electron chi connectivity index (χ2n) is 5.56. The molecule has 1 fully saturated rings. The third-order valence-corrected chi connectivity index (χ3v) is 4.13. The molecular formula is C18H17F2NO. The lowest BCUT2D eigenvalue weighted by atomic mass is 10.0. The van der Waals surface area contributed by atoms with Gasteiger partial charge in [0.25, 0.3) is 0 Å². The Morgan fingerprint density at radius 1 is 1.09 bits per heavy atom. The minimum absolute atomic E-state index is 0.0418. The summed E-state index contributed by atoms with van der Waals surface area (Å²) >= 11 is 0. The van der Waals surface area contributed by atoms with E-state index in [1.165, 1.54) is 18.2 Å². The molecular weight excluding hydrogens is 284 g/mol. The highest BCUT2D eigenvalue weighted by atomic mass is 19.1. The molecule has 4 heteroatoms. The molecule has 0 aromatic heterocycles. The minimum Gasteiger partial charge on any atom is -0.335 e. The van der Waals surface area contributed by atoms with Crippen LogP contribution in [0.1, 0.15) is 30.0 Å². The van der Waals surface area contributed by atoms with Gasteiger partial charge < -0.3 is 4.90 Å². The highest BCUT2D eigenvalue weighted by Crippen LogP contribution is 2.32. The zero-order valence-corrected chi connectivity index (χ0v) is 12.1. The fourth-order valence-corrected chi connectivity index (χ4v) is 3.00. The standard InChI is InChI=1S/C18H17F2NO/c19-15-9-7-13(8-10-15)17-6-3-11-21(17)18(22)12-14-4-1-2-5-16(14)20/h1-2,4-5,7-10,17H,3,6,11-12H2. The lowest BCUT2D eigenvalue weighted by Crippen LogP contribution is -2.32. The maximum atomic E-state index is 13.7. The molecule has 0 radical (unpaired) electrons. The summed E-state index contributed by atoms with van der Waals surface area (Å²) in [5, 5.41) is 0. The first-order valence-electron chi connectivity index (χ1n) is 7.43. The van der Waals surface area contributed by atoms with Crippen LogP contribution in [-0.2, 0) is 11.2 Å². The van der Waals surface area contributed by atoms with Crippen LogP contribution in [-0.4, -0.2) is 17.4 Å². The number of carbonyl (C=O) groups excluding carboxylic acids is 1. The molecule has 2 aromatic carbocycles. The second kappa shape index (κ2) is 6.26. The van der Waals surface area contributed by atoms with Gasteiger partial charge in [-0.25, -0.2) is 8.78 Å². The summed E-state index contributed by atoms with van der Waals surface area (Å²) in [5.74, 6) is -0.726. The normalized spacial score (nSPS) is 17.7. The van der Waals surface area contributed by atoms with Crippen LogP contribution in [0.3, 0.4) is 0 Å². The summed E-state index contributed by atoms with van der Waals surface area (Å²) in [6.07, 6.45) is 1.82. The first kappa shape index (κ1) is 14.7.